The van der Waals surface area contributed by atoms with Crippen molar-refractivity contribution in [2.75, 3.05) is 25.3 Å². The second-order valence-electron chi connectivity index (χ2n) is 6.91. The number of anilines is 1. The van der Waals surface area contributed by atoms with Gasteiger partial charge in [-0.1, -0.05) is 25.6 Å². The Morgan fingerprint density at radius 3 is 2.26 bits per heavy atom. The first-order valence-electron chi connectivity index (χ1n) is 9.53. The Labute approximate surface area is 184 Å². The molecule has 0 bridgehead atoms. The Kier molecular flexibility index (Phi) is 7.30. The lowest BCUT2D eigenvalue weighted by Crippen LogP contribution is -2.17. The number of nitrogens with zero attached hydrogens (tertiary/aromatic N) is 2. The van der Waals surface area contributed by atoms with Gasteiger partial charge >= 0.3 is 0 Å². The van der Waals surface area contributed by atoms with E-state index in [0.717, 1.165) is 11.8 Å². The first-order valence-corrected chi connectivity index (χ1v) is 10.5. The van der Waals surface area contributed by atoms with Gasteiger partial charge < -0.3 is 19.2 Å². The molecule has 0 aliphatic heterocycles. The van der Waals surface area contributed by atoms with Crippen molar-refractivity contribution in [3.05, 3.63) is 48.0 Å². The van der Waals surface area contributed by atoms with E-state index in [4.69, 9.17) is 13.9 Å². The largest absolute Gasteiger partial charge is 0.497 e. The van der Waals surface area contributed by atoms with Crippen LogP contribution in [0.15, 0.2) is 52.1 Å². The van der Waals surface area contributed by atoms with E-state index in [0.29, 0.717) is 34.2 Å². The van der Waals surface area contributed by atoms with E-state index in [2.05, 4.69) is 15.5 Å². The highest BCUT2D eigenvalue weighted by Crippen LogP contribution is 2.30. The zero-order valence-electron chi connectivity index (χ0n) is 17.7. The van der Waals surface area contributed by atoms with Crippen molar-refractivity contribution in [3.8, 4) is 23.0 Å². The summed E-state index contributed by atoms with van der Waals surface area (Å²) in [5.74, 6) is 1.37. The highest BCUT2D eigenvalue weighted by molar-refractivity contribution is 7.99. The molecule has 8 nitrogen and oxygen atoms in total. The van der Waals surface area contributed by atoms with Gasteiger partial charge in [0.2, 0.25) is 11.8 Å². The summed E-state index contributed by atoms with van der Waals surface area (Å²) >= 11 is 1.16. The molecule has 0 fully saturated rings. The van der Waals surface area contributed by atoms with Crippen LogP contribution in [0.25, 0.3) is 11.5 Å². The SMILES string of the molecule is COc1cc(OC)cc(-c2nnc(SCC(=O)c3ccc(NC(=O)C(C)C)cc3)o2)c1. The van der Waals surface area contributed by atoms with Crippen LogP contribution in [0.4, 0.5) is 5.69 Å². The third-order valence-corrected chi connectivity index (χ3v) is 5.15. The van der Waals surface area contributed by atoms with Crippen molar-refractivity contribution in [3.63, 3.8) is 0 Å². The molecule has 0 aliphatic carbocycles. The number of ketones is 1. The van der Waals surface area contributed by atoms with Gasteiger partial charge in [-0.25, -0.2) is 0 Å². The lowest BCUT2D eigenvalue weighted by Gasteiger charge is -2.08. The molecule has 0 spiro atoms. The van der Waals surface area contributed by atoms with E-state index in [1.54, 1.807) is 56.7 Å². The number of hydrogen-bond acceptors (Lipinski definition) is 8. The molecule has 31 heavy (non-hydrogen) atoms. The summed E-state index contributed by atoms with van der Waals surface area (Å²) in [5.41, 5.74) is 1.84. The molecule has 0 saturated heterocycles. The summed E-state index contributed by atoms with van der Waals surface area (Å²) in [6.45, 7) is 3.64. The first kappa shape index (κ1) is 22.4. The van der Waals surface area contributed by atoms with E-state index in [-0.39, 0.29) is 28.6 Å². The fourth-order valence-corrected chi connectivity index (χ4v) is 3.21. The quantitative estimate of drug-likeness (QED) is 0.387. The minimum atomic E-state index is -0.116. The van der Waals surface area contributed by atoms with Gasteiger partial charge in [0.25, 0.3) is 5.22 Å². The van der Waals surface area contributed by atoms with E-state index in [9.17, 15) is 9.59 Å². The van der Waals surface area contributed by atoms with Crippen LogP contribution >= 0.6 is 11.8 Å². The highest BCUT2D eigenvalue weighted by Gasteiger charge is 2.15. The van der Waals surface area contributed by atoms with E-state index in [1.165, 1.54) is 0 Å². The van der Waals surface area contributed by atoms with Crippen molar-refractivity contribution < 1.29 is 23.5 Å². The Balaban J connectivity index is 1.62. The van der Waals surface area contributed by atoms with Crippen LogP contribution in [0.2, 0.25) is 0 Å². The second kappa shape index (κ2) is 10.1. The number of methoxy groups -OCH3 is 2. The Morgan fingerprint density at radius 1 is 1.03 bits per heavy atom. The molecular formula is C22H23N3O5S. The monoisotopic (exact) mass is 441 g/mol. The van der Waals surface area contributed by atoms with Crippen molar-refractivity contribution in [2.24, 2.45) is 5.92 Å². The number of thioether (sulfide) groups is 1. The number of aromatic nitrogens is 2. The van der Waals surface area contributed by atoms with Crippen molar-refractivity contribution in [2.45, 2.75) is 19.1 Å². The Hall–Kier alpha value is -3.33. The fourth-order valence-electron chi connectivity index (χ4n) is 2.55. The van der Waals surface area contributed by atoms with Gasteiger partial charge in [0.05, 0.1) is 20.0 Å². The van der Waals surface area contributed by atoms with Gasteiger partial charge in [-0.2, -0.15) is 0 Å². The Morgan fingerprint density at radius 2 is 1.68 bits per heavy atom. The summed E-state index contributed by atoms with van der Waals surface area (Å²) in [6.07, 6.45) is 0. The number of Topliss-reactive ketones (excluding diaryl/α,β-unsaturated/α-hetero) is 1. The summed E-state index contributed by atoms with van der Waals surface area (Å²) in [5, 5.41) is 11.1. The molecule has 0 aliphatic rings. The van der Waals surface area contributed by atoms with Crippen molar-refractivity contribution in [1.29, 1.82) is 0 Å². The molecule has 3 rings (SSSR count). The zero-order chi connectivity index (χ0) is 22.4. The number of carbonyl (C=O) groups excluding carboxylic acids is 2. The number of benzene rings is 2. The summed E-state index contributed by atoms with van der Waals surface area (Å²) < 4.78 is 16.2. The lowest BCUT2D eigenvalue weighted by atomic mass is 10.1. The molecule has 0 unspecified atom stereocenters. The molecule has 1 aromatic heterocycles. The van der Waals surface area contributed by atoms with Crippen molar-refractivity contribution in [1.82, 2.24) is 10.2 Å². The van der Waals surface area contributed by atoms with E-state index < -0.39 is 0 Å². The number of ether oxygens (including phenoxy) is 2. The molecule has 9 heteroatoms. The molecule has 0 atom stereocenters. The molecule has 0 radical (unpaired) electrons. The minimum absolute atomic E-state index is 0.0736. The number of carbonyl (C=O) groups is 2. The molecule has 3 aromatic rings. The van der Waals surface area contributed by atoms with Gasteiger partial charge in [0.1, 0.15) is 11.5 Å². The zero-order valence-corrected chi connectivity index (χ0v) is 18.5. The van der Waals surface area contributed by atoms with Crippen LogP contribution in [-0.2, 0) is 4.79 Å². The van der Waals surface area contributed by atoms with Crippen LogP contribution in [0.3, 0.4) is 0 Å². The standard InChI is InChI=1S/C22H23N3O5S/c1-13(2)20(27)23-16-7-5-14(6-8-16)19(26)12-31-22-25-24-21(30-22)15-9-17(28-3)11-18(10-15)29-4/h5-11,13H,12H2,1-4H3,(H,23,27). The smallest absolute Gasteiger partial charge is 0.277 e. The van der Waals surface area contributed by atoms with Crippen molar-refractivity contribution >= 4 is 29.1 Å². The molecule has 2 aromatic carbocycles. The lowest BCUT2D eigenvalue weighted by molar-refractivity contribution is -0.118. The molecule has 162 valence electrons. The molecule has 1 N–H and O–H groups in total. The van der Waals surface area contributed by atoms with Crippen LogP contribution in [0.1, 0.15) is 24.2 Å². The van der Waals surface area contributed by atoms with Crippen LogP contribution in [0, 0.1) is 5.92 Å². The number of amides is 1. The predicted molar refractivity (Wildman–Crippen MR) is 118 cm³/mol. The average Bonchev–Trinajstić information content (AvgIpc) is 3.26. The molecule has 1 heterocycles. The van der Waals surface area contributed by atoms with Gasteiger partial charge in [0.15, 0.2) is 5.78 Å². The summed E-state index contributed by atoms with van der Waals surface area (Å²) in [4.78, 5) is 24.2. The highest BCUT2D eigenvalue weighted by atomic mass is 32.2. The van der Waals surface area contributed by atoms with Gasteiger partial charge in [-0.15, -0.1) is 10.2 Å². The average molecular weight is 442 g/mol. The number of hydrogen-bond donors (Lipinski definition) is 1. The van der Waals surface area contributed by atoms with Gasteiger partial charge in [-0.05, 0) is 36.4 Å². The normalized spacial score (nSPS) is 10.7. The maximum Gasteiger partial charge on any atom is 0.277 e. The Bertz CT molecular complexity index is 1040. The summed E-state index contributed by atoms with van der Waals surface area (Å²) in [7, 11) is 3.12. The number of rotatable bonds is 9. The van der Waals surface area contributed by atoms with Crippen LogP contribution in [-0.4, -0.2) is 41.9 Å². The third-order valence-electron chi connectivity index (χ3n) is 4.33. The minimum Gasteiger partial charge on any atom is -0.497 e. The first-order chi connectivity index (χ1) is 14.9. The molecule has 0 saturated carbocycles. The molecular weight excluding hydrogens is 418 g/mol. The van der Waals surface area contributed by atoms with Crippen LogP contribution in [0.5, 0.6) is 11.5 Å². The summed E-state index contributed by atoms with van der Waals surface area (Å²) in [6, 6.07) is 12.0. The van der Waals surface area contributed by atoms with Gasteiger partial charge in [0, 0.05) is 28.8 Å². The second-order valence-corrected chi connectivity index (χ2v) is 7.83. The fraction of sp³-hybridized carbons (Fsp3) is 0.273. The van der Waals surface area contributed by atoms with E-state index in [1.807, 2.05) is 13.8 Å². The maximum absolute atomic E-state index is 12.5. The van der Waals surface area contributed by atoms with Crippen LogP contribution < -0.4 is 14.8 Å². The maximum atomic E-state index is 12.5. The predicted octanol–water partition coefficient (Wildman–Crippen LogP) is 4.32. The van der Waals surface area contributed by atoms with Gasteiger partial charge in [-0.3, -0.25) is 9.59 Å². The topological polar surface area (TPSA) is 104 Å². The third kappa shape index (κ3) is 5.85. The molecule has 1 amide bonds. The van der Waals surface area contributed by atoms with E-state index >= 15 is 0 Å². The number of nitrogens with one attached hydrogen (secondary N) is 1.